The number of carbonyl (C=O) groups is 2. The third kappa shape index (κ3) is 8.10. The SMILES string of the molecule is CNc1ncccc1OCc1cc(C)cc(NC(=O)c2ccc(OC)cc2OC)c1.O=CN1CCNCC1. The lowest BCUT2D eigenvalue weighted by Crippen LogP contribution is -2.42. The van der Waals surface area contributed by atoms with E-state index in [0.29, 0.717) is 40.9 Å². The van der Waals surface area contributed by atoms with Gasteiger partial charge in [-0.2, -0.15) is 0 Å². The van der Waals surface area contributed by atoms with Crippen LogP contribution in [0.5, 0.6) is 17.2 Å². The van der Waals surface area contributed by atoms with Crippen LogP contribution >= 0.6 is 0 Å². The summed E-state index contributed by atoms with van der Waals surface area (Å²) in [6, 6.07) is 14.6. The molecule has 2 heterocycles. The smallest absolute Gasteiger partial charge is 0.259 e. The van der Waals surface area contributed by atoms with Crippen molar-refractivity contribution in [1.29, 1.82) is 0 Å². The van der Waals surface area contributed by atoms with Gasteiger partial charge < -0.3 is 35.1 Å². The summed E-state index contributed by atoms with van der Waals surface area (Å²) in [7, 11) is 4.88. The lowest BCUT2D eigenvalue weighted by atomic mass is 10.1. The summed E-state index contributed by atoms with van der Waals surface area (Å²) < 4.78 is 16.4. The van der Waals surface area contributed by atoms with Crippen LogP contribution in [0.25, 0.3) is 0 Å². The third-order valence-corrected chi connectivity index (χ3v) is 5.75. The molecule has 1 fully saturated rings. The third-order valence-electron chi connectivity index (χ3n) is 5.75. The number of hydrogen-bond donors (Lipinski definition) is 3. The standard InChI is InChI=1S/C23H25N3O4.C5H10N2O/c1-15-10-16(14-30-20-6-5-9-25-22(20)24-2)12-17(11-15)26-23(27)19-8-7-18(28-3)13-21(19)29-4;8-5-7-3-1-6-2-4-7/h5-13H,14H2,1-4H3,(H,24,25)(H,26,27);5-6H,1-4H2. The quantitative estimate of drug-likeness (QED) is 0.368. The molecule has 1 aromatic heterocycles. The van der Waals surface area contributed by atoms with E-state index in [2.05, 4.69) is 20.9 Å². The molecule has 2 aromatic carbocycles. The van der Waals surface area contributed by atoms with Crippen molar-refractivity contribution in [2.45, 2.75) is 13.5 Å². The van der Waals surface area contributed by atoms with Gasteiger partial charge in [0.1, 0.15) is 18.1 Å². The molecule has 10 heteroatoms. The Morgan fingerprint density at radius 2 is 1.87 bits per heavy atom. The first kappa shape index (κ1) is 28.3. The van der Waals surface area contributed by atoms with Crippen LogP contribution in [0, 0.1) is 6.92 Å². The first-order valence-electron chi connectivity index (χ1n) is 12.3. The van der Waals surface area contributed by atoms with Crippen LogP contribution in [0.15, 0.2) is 54.7 Å². The Hall–Kier alpha value is -4.31. The molecule has 0 unspecified atom stereocenters. The van der Waals surface area contributed by atoms with Crippen LogP contribution in [0.4, 0.5) is 11.5 Å². The van der Waals surface area contributed by atoms with Gasteiger partial charge >= 0.3 is 0 Å². The maximum atomic E-state index is 12.8. The zero-order chi connectivity index (χ0) is 27.3. The summed E-state index contributed by atoms with van der Waals surface area (Å²) in [4.78, 5) is 28.9. The van der Waals surface area contributed by atoms with E-state index in [9.17, 15) is 9.59 Å². The number of methoxy groups -OCH3 is 2. The number of pyridine rings is 1. The van der Waals surface area contributed by atoms with Gasteiger partial charge in [-0.3, -0.25) is 9.59 Å². The second-order valence-corrected chi connectivity index (χ2v) is 8.51. The zero-order valence-corrected chi connectivity index (χ0v) is 22.2. The highest BCUT2D eigenvalue weighted by atomic mass is 16.5. The van der Waals surface area contributed by atoms with Gasteiger partial charge in [0.05, 0.1) is 19.8 Å². The molecular formula is C28H35N5O5. The van der Waals surface area contributed by atoms with E-state index in [1.165, 1.54) is 7.11 Å². The molecule has 1 saturated heterocycles. The number of aromatic nitrogens is 1. The molecule has 38 heavy (non-hydrogen) atoms. The fourth-order valence-corrected chi connectivity index (χ4v) is 3.85. The number of carbonyl (C=O) groups excluding carboxylic acids is 2. The molecule has 10 nitrogen and oxygen atoms in total. The summed E-state index contributed by atoms with van der Waals surface area (Å²) in [5.41, 5.74) is 3.04. The molecule has 202 valence electrons. The van der Waals surface area contributed by atoms with Crippen LogP contribution in [-0.4, -0.2) is 69.6 Å². The van der Waals surface area contributed by atoms with Crippen molar-refractivity contribution in [2.75, 3.05) is 58.1 Å². The monoisotopic (exact) mass is 521 g/mol. The van der Waals surface area contributed by atoms with Gasteiger partial charge in [0.15, 0.2) is 11.6 Å². The molecule has 2 amide bonds. The lowest BCUT2D eigenvalue weighted by molar-refractivity contribution is -0.118. The number of hydrogen-bond acceptors (Lipinski definition) is 8. The van der Waals surface area contributed by atoms with Crippen molar-refractivity contribution in [3.05, 3.63) is 71.4 Å². The Morgan fingerprint density at radius 1 is 1.08 bits per heavy atom. The van der Waals surface area contributed by atoms with Crippen LogP contribution < -0.4 is 30.2 Å². The van der Waals surface area contributed by atoms with Gasteiger partial charge in [-0.1, -0.05) is 6.07 Å². The zero-order valence-electron chi connectivity index (χ0n) is 22.2. The van der Waals surface area contributed by atoms with Gasteiger partial charge in [0.2, 0.25) is 6.41 Å². The van der Waals surface area contributed by atoms with Gasteiger partial charge in [-0.05, 0) is 54.4 Å². The molecule has 3 N–H and O–H groups in total. The molecule has 0 bridgehead atoms. The van der Waals surface area contributed by atoms with E-state index in [0.717, 1.165) is 43.7 Å². The molecule has 3 aromatic rings. The highest BCUT2D eigenvalue weighted by molar-refractivity contribution is 6.06. The predicted octanol–water partition coefficient (Wildman–Crippen LogP) is 3.33. The van der Waals surface area contributed by atoms with Crippen molar-refractivity contribution in [3.8, 4) is 17.2 Å². The normalized spacial score (nSPS) is 12.5. The van der Waals surface area contributed by atoms with Gasteiger partial charge in [0.25, 0.3) is 5.91 Å². The van der Waals surface area contributed by atoms with E-state index in [-0.39, 0.29) is 5.91 Å². The van der Waals surface area contributed by atoms with Crippen LogP contribution in [0.2, 0.25) is 0 Å². The fraction of sp³-hybridized carbons (Fsp3) is 0.321. The van der Waals surface area contributed by atoms with E-state index >= 15 is 0 Å². The summed E-state index contributed by atoms with van der Waals surface area (Å²) in [5, 5.41) is 9.08. The van der Waals surface area contributed by atoms with Crippen molar-refractivity contribution < 1.29 is 23.8 Å². The minimum absolute atomic E-state index is 0.267. The molecule has 1 aliphatic heterocycles. The molecule has 4 rings (SSSR count). The van der Waals surface area contributed by atoms with Crippen molar-refractivity contribution in [2.24, 2.45) is 0 Å². The highest BCUT2D eigenvalue weighted by Gasteiger charge is 2.14. The maximum Gasteiger partial charge on any atom is 0.259 e. The van der Waals surface area contributed by atoms with Gasteiger partial charge in [0, 0.05) is 51.2 Å². The highest BCUT2D eigenvalue weighted by Crippen LogP contribution is 2.26. The van der Waals surface area contributed by atoms with E-state index in [1.807, 2.05) is 37.3 Å². The summed E-state index contributed by atoms with van der Waals surface area (Å²) in [6.45, 7) is 5.93. The largest absolute Gasteiger partial charge is 0.497 e. The Kier molecular flexibility index (Phi) is 10.7. The van der Waals surface area contributed by atoms with Crippen molar-refractivity contribution >= 4 is 23.8 Å². The average Bonchev–Trinajstić information content (AvgIpc) is 2.96. The summed E-state index contributed by atoms with van der Waals surface area (Å²) in [5.74, 6) is 2.13. The Bertz CT molecular complexity index is 1210. The number of amides is 2. The van der Waals surface area contributed by atoms with Crippen LogP contribution in [0.3, 0.4) is 0 Å². The average molecular weight is 522 g/mol. The number of rotatable bonds is 9. The number of anilines is 2. The van der Waals surface area contributed by atoms with Crippen molar-refractivity contribution in [3.63, 3.8) is 0 Å². The fourth-order valence-electron chi connectivity index (χ4n) is 3.85. The summed E-state index contributed by atoms with van der Waals surface area (Å²) in [6.07, 6.45) is 2.60. The Morgan fingerprint density at radius 3 is 2.53 bits per heavy atom. The second-order valence-electron chi connectivity index (χ2n) is 8.51. The molecule has 0 spiro atoms. The van der Waals surface area contributed by atoms with Crippen LogP contribution in [-0.2, 0) is 11.4 Å². The number of ether oxygens (including phenoxy) is 3. The van der Waals surface area contributed by atoms with Crippen LogP contribution in [0.1, 0.15) is 21.5 Å². The molecular weight excluding hydrogens is 486 g/mol. The first-order chi connectivity index (χ1) is 18.5. The molecule has 0 saturated carbocycles. The maximum absolute atomic E-state index is 12.8. The Labute approximate surface area is 223 Å². The Balaban J connectivity index is 0.000000427. The number of benzene rings is 2. The molecule has 0 atom stereocenters. The number of piperazine rings is 1. The predicted molar refractivity (Wildman–Crippen MR) is 147 cm³/mol. The second kappa shape index (κ2) is 14.4. The van der Waals surface area contributed by atoms with E-state index in [1.54, 1.807) is 43.5 Å². The van der Waals surface area contributed by atoms with Gasteiger partial charge in [-0.25, -0.2) is 4.98 Å². The number of nitrogens with zero attached hydrogens (tertiary/aromatic N) is 2. The first-order valence-corrected chi connectivity index (χ1v) is 12.3. The lowest BCUT2D eigenvalue weighted by Gasteiger charge is -2.22. The number of nitrogens with one attached hydrogen (secondary N) is 3. The summed E-state index contributed by atoms with van der Waals surface area (Å²) >= 11 is 0. The minimum atomic E-state index is -0.267. The molecule has 1 aliphatic rings. The topological polar surface area (TPSA) is 114 Å². The van der Waals surface area contributed by atoms with E-state index < -0.39 is 0 Å². The van der Waals surface area contributed by atoms with Crippen molar-refractivity contribution in [1.82, 2.24) is 15.2 Å². The molecule has 0 radical (unpaired) electrons. The molecule has 0 aliphatic carbocycles. The van der Waals surface area contributed by atoms with E-state index in [4.69, 9.17) is 14.2 Å². The van der Waals surface area contributed by atoms with Gasteiger partial charge in [-0.15, -0.1) is 0 Å². The minimum Gasteiger partial charge on any atom is -0.497 e. The number of aryl methyl sites for hydroxylation is 1.